The average molecular weight is 467 g/mol. The second-order valence-corrected chi connectivity index (χ2v) is 10.9. The average Bonchev–Trinajstić information content (AvgIpc) is 2.80. The van der Waals surface area contributed by atoms with Gasteiger partial charge in [-0.15, -0.1) is 0 Å². The van der Waals surface area contributed by atoms with E-state index >= 15 is 0 Å². The summed E-state index contributed by atoms with van der Waals surface area (Å²) in [6, 6.07) is 0. The Kier molecular flexibility index (Phi) is 26.0. The molecule has 0 spiro atoms. The van der Waals surface area contributed by atoms with E-state index in [1.807, 2.05) is 6.92 Å². The molecule has 2 heteroatoms. The van der Waals surface area contributed by atoms with Crippen LogP contribution in [0.1, 0.15) is 168 Å². The summed E-state index contributed by atoms with van der Waals surface area (Å²) in [5.41, 5.74) is 1.60. The first-order valence-corrected chi connectivity index (χ1v) is 15.0. The Morgan fingerprint density at radius 2 is 0.970 bits per heavy atom. The van der Waals surface area contributed by atoms with Gasteiger partial charge >= 0.3 is 0 Å². The van der Waals surface area contributed by atoms with E-state index < -0.39 is 0 Å². The number of hydrogen-bond acceptors (Lipinski definition) is 2. The molecule has 198 valence electrons. The second kappa shape index (κ2) is 26.3. The van der Waals surface area contributed by atoms with Crippen molar-refractivity contribution in [2.75, 3.05) is 6.61 Å². The summed E-state index contributed by atoms with van der Waals surface area (Å²) in [6.07, 6.45) is 33.2. The third-order valence-electron chi connectivity index (χ3n) is 7.41. The molecule has 0 aromatic carbocycles. The first kappa shape index (κ1) is 32.7. The van der Waals surface area contributed by atoms with Crippen LogP contribution in [0.3, 0.4) is 0 Å². The largest absolute Gasteiger partial charge is 0.396 e. The van der Waals surface area contributed by atoms with Crippen molar-refractivity contribution in [2.45, 2.75) is 175 Å². The zero-order valence-electron chi connectivity index (χ0n) is 23.1. The number of allylic oxidation sites excluding steroid dienone is 2. The predicted octanol–water partition coefficient (Wildman–Crippen LogP) is 9.91. The van der Waals surface area contributed by atoms with Crippen LogP contribution in [0.2, 0.25) is 0 Å². The smallest absolute Gasteiger partial charge is 0.0537 e. The molecular formula is C31H62O2. The lowest BCUT2D eigenvalue weighted by Crippen LogP contribution is -2.12. The summed E-state index contributed by atoms with van der Waals surface area (Å²) in [4.78, 5) is 0. The van der Waals surface area contributed by atoms with Gasteiger partial charge in [-0.25, -0.2) is 0 Å². The standard InChI is InChI=1S/C31H62O2/c1-29(26-22-18-16-19-23-27-30(2)31(3)33)25-21-17-14-12-10-8-6-4-5-7-9-11-13-15-20-24-28-32/h25,30-33H,4-24,26-28H2,1-3H3. The summed E-state index contributed by atoms with van der Waals surface area (Å²) in [7, 11) is 0. The molecule has 2 nitrogen and oxygen atoms in total. The molecule has 2 atom stereocenters. The zero-order chi connectivity index (χ0) is 24.4. The van der Waals surface area contributed by atoms with Crippen molar-refractivity contribution in [1.82, 2.24) is 0 Å². The van der Waals surface area contributed by atoms with Gasteiger partial charge < -0.3 is 10.2 Å². The highest BCUT2D eigenvalue weighted by Crippen LogP contribution is 2.17. The number of hydrogen-bond donors (Lipinski definition) is 2. The van der Waals surface area contributed by atoms with Crippen LogP contribution >= 0.6 is 0 Å². The normalized spacial score (nSPS) is 14.0. The van der Waals surface area contributed by atoms with Gasteiger partial charge in [-0.2, -0.15) is 0 Å². The van der Waals surface area contributed by atoms with Gasteiger partial charge in [-0.1, -0.05) is 128 Å². The number of rotatable bonds is 26. The maximum atomic E-state index is 9.53. The monoisotopic (exact) mass is 466 g/mol. The molecule has 0 aromatic rings. The van der Waals surface area contributed by atoms with Crippen molar-refractivity contribution < 1.29 is 10.2 Å². The van der Waals surface area contributed by atoms with Crippen LogP contribution in [0.15, 0.2) is 11.6 Å². The Labute approximate surface area is 209 Å². The maximum absolute atomic E-state index is 9.53. The van der Waals surface area contributed by atoms with E-state index in [0.29, 0.717) is 12.5 Å². The van der Waals surface area contributed by atoms with Crippen LogP contribution in [0.4, 0.5) is 0 Å². The van der Waals surface area contributed by atoms with Crippen molar-refractivity contribution in [2.24, 2.45) is 5.92 Å². The van der Waals surface area contributed by atoms with Gasteiger partial charge in [0.1, 0.15) is 0 Å². The van der Waals surface area contributed by atoms with E-state index in [1.165, 1.54) is 141 Å². The highest BCUT2D eigenvalue weighted by Gasteiger charge is 2.07. The molecule has 0 aliphatic heterocycles. The number of unbranched alkanes of at least 4 members (excludes halogenated alkanes) is 19. The van der Waals surface area contributed by atoms with E-state index in [2.05, 4.69) is 19.9 Å². The zero-order valence-corrected chi connectivity index (χ0v) is 23.1. The van der Waals surface area contributed by atoms with Gasteiger partial charge in [0, 0.05) is 6.61 Å². The van der Waals surface area contributed by atoms with E-state index in [-0.39, 0.29) is 6.10 Å². The van der Waals surface area contributed by atoms with Crippen LogP contribution in [0.5, 0.6) is 0 Å². The Bertz CT molecular complexity index is 402. The molecule has 0 amide bonds. The van der Waals surface area contributed by atoms with Crippen molar-refractivity contribution in [1.29, 1.82) is 0 Å². The fourth-order valence-electron chi connectivity index (χ4n) is 4.65. The number of aliphatic hydroxyl groups is 2. The summed E-state index contributed by atoms with van der Waals surface area (Å²) in [5.74, 6) is 0.453. The molecule has 2 N–H and O–H groups in total. The first-order chi connectivity index (χ1) is 16.1. The third kappa shape index (κ3) is 26.1. The van der Waals surface area contributed by atoms with Crippen molar-refractivity contribution in [3.63, 3.8) is 0 Å². The molecule has 0 bridgehead atoms. The maximum Gasteiger partial charge on any atom is 0.0537 e. The molecule has 0 fully saturated rings. The highest BCUT2D eigenvalue weighted by molar-refractivity contribution is 4.97. The first-order valence-electron chi connectivity index (χ1n) is 15.0. The van der Waals surface area contributed by atoms with Crippen LogP contribution in [-0.4, -0.2) is 22.9 Å². The SMILES string of the molecule is CC(=CCCCCCCCCCCCCCCCCCO)CCCCCCCC(C)C(C)O. The summed E-state index contributed by atoms with van der Waals surface area (Å²) in [5, 5.41) is 18.3. The molecule has 0 aliphatic rings. The van der Waals surface area contributed by atoms with Gasteiger partial charge in [0.2, 0.25) is 0 Å². The summed E-state index contributed by atoms with van der Waals surface area (Å²) in [6.45, 7) is 6.76. The molecule has 0 heterocycles. The predicted molar refractivity (Wildman–Crippen MR) is 148 cm³/mol. The van der Waals surface area contributed by atoms with Crippen molar-refractivity contribution >= 4 is 0 Å². The van der Waals surface area contributed by atoms with Gasteiger partial charge in [0.25, 0.3) is 0 Å². The highest BCUT2D eigenvalue weighted by atomic mass is 16.3. The topological polar surface area (TPSA) is 40.5 Å². The van der Waals surface area contributed by atoms with Crippen LogP contribution < -0.4 is 0 Å². The fraction of sp³-hybridized carbons (Fsp3) is 0.935. The molecule has 0 rings (SSSR count). The molecule has 0 saturated carbocycles. The van der Waals surface area contributed by atoms with E-state index in [0.717, 1.165) is 6.42 Å². The van der Waals surface area contributed by atoms with Crippen LogP contribution in [0, 0.1) is 5.92 Å². The van der Waals surface area contributed by atoms with Crippen molar-refractivity contribution in [3.8, 4) is 0 Å². The Morgan fingerprint density at radius 3 is 1.42 bits per heavy atom. The van der Waals surface area contributed by atoms with Crippen LogP contribution in [-0.2, 0) is 0 Å². The molecule has 0 aliphatic carbocycles. The van der Waals surface area contributed by atoms with Gasteiger partial charge in [0.05, 0.1) is 6.10 Å². The van der Waals surface area contributed by atoms with Gasteiger partial charge in [-0.3, -0.25) is 0 Å². The Morgan fingerprint density at radius 1 is 0.576 bits per heavy atom. The molecule has 2 unspecified atom stereocenters. The Hall–Kier alpha value is -0.340. The number of aliphatic hydroxyl groups excluding tert-OH is 2. The molecule has 0 aromatic heterocycles. The van der Waals surface area contributed by atoms with Gasteiger partial charge in [0.15, 0.2) is 0 Å². The third-order valence-corrected chi connectivity index (χ3v) is 7.41. The lowest BCUT2D eigenvalue weighted by Gasteiger charge is -2.13. The quantitative estimate of drug-likeness (QED) is 0.0983. The minimum absolute atomic E-state index is 0.151. The van der Waals surface area contributed by atoms with E-state index in [1.54, 1.807) is 5.57 Å². The second-order valence-electron chi connectivity index (χ2n) is 10.9. The van der Waals surface area contributed by atoms with Crippen molar-refractivity contribution in [3.05, 3.63) is 11.6 Å². The van der Waals surface area contributed by atoms with Gasteiger partial charge in [-0.05, 0) is 58.3 Å². The lowest BCUT2D eigenvalue weighted by atomic mass is 9.97. The van der Waals surface area contributed by atoms with E-state index in [9.17, 15) is 5.11 Å². The fourth-order valence-corrected chi connectivity index (χ4v) is 4.65. The lowest BCUT2D eigenvalue weighted by molar-refractivity contribution is 0.128. The summed E-state index contributed by atoms with van der Waals surface area (Å²) >= 11 is 0. The van der Waals surface area contributed by atoms with Crippen LogP contribution in [0.25, 0.3) is 0 Å². The molecule has 0 saturated heterocycles. The minimum Gasteiger partial charge on any atom is -0.396 e. The molecule has 0 radical (unpaired) electrons. The molecule has 33 heavy (non-hydrogen) atoms. The van der Waals surface area contributed by atoms with E-state index in [4.69, 9.17) is 5.11 Å². The minimum atomic E-state index is -0.151. The Balaban J connectivity index is 3.26. The summed E-state index contributed by atoms with van der Waals surface area (Å²) < 4.78 is 0. The molecular weight excluding hydrogens is 404 g/mol.